The van der Waals surface area contributed by atoms with Gasteiger partial charge in [-0.3, -0.25) is 0 Å². The molecule has 0 fully saturated rings. The van der Waals surface area contributed by atoms with Gasteiger partial charge in [-0.05, 0) is 30.5 Å². The summed E-state index contributed by atoms with van der Waals surface area (Å²) in [7, 11) is 3.76. The Morgan fingerprint density at radius 3 is 2.53 bits per heavy atom. The molecular formula is C14H19N2O+. The maximum atomic E-state index is 5.14. The van der Waals surface area contributed by atoms with Gasteiger partial charge in [0.15, 0.2) is 0 Å². The van der Waals surface area contributed by atoms with E-state index in [2.05, 4.69) is 28.7 Å². The van der Waals surface area contributed by atoms with Gasteiger partial charge in [0, 0.05) is 6.42 Å². The number of aromatic nitrogens is 2. The minimum absolute atomic E-state index is 0.921. The van der Waals surface area contributed by atoms with Gasteiger partial charge in [-0.15, -0.1) is 0 Å². The van der Waals surface area contributed by atoms with Crippen LogP contribution in [0.5, 0.6) is 5.75 Å². The van der Waals surface area contributed by atoms with Crippen LogP contribution in [0.2, 0.25) is 0 Å². The van der Waals surface area contributed by atoms with Crippen LogP contribution < -0.4 is 9.30 Å². The molecule has 0 unspecified atom stereocenters. The summed E-state index contributed by atoms with van der Waals surface area (Å²) in [5.74, 6) is 2.20. The molecule has 3 heteroatoms. The fraction of sp³-hybridized carbons (Fsp3) is 0.357. The average Bonchev–Trinajstić information content (AvgIpc) is 2.76. The first kappa shape index (κ1) is 11.7. The normalized spacial score (nSPS) is 10.5. The number of rotatable bonds is 5. The van der Waals surface area contributed by atoms with Crippen LogP contribution in [-0.2, 0) is 19.9 Å². The van der Waals surface area contributed by atoms with Crippen molar-refractivity contribution in [1.82, 2.24) is 4.98 Å². The first-order valence-corrected chi connectivity index (χ1v) is 5.94. The van der Waals surface area contributed by atoms with Gasteiger partial charge in [0.25, 0.3) is 5.82 Å². The smallest absolute Gasteiger partial charge is 0.253 e. The maximum Gasteiger partial charge on any atom is 0.253 e. The number of H-pyrrole nitrogens is 1. The Morgan fingerprint density at radius 1 is 1.18 bits per heavy atom. The lowest BCUT2D eigenvalue weighted by molar-refractivity contribution is -0.677. The number of imidazole rings is 1. The minimum Gasteiger partial charge on any atom is -0.497 e. The van der Waals surface area contributed by atoms with E-state index in [9.17, 15) is 0 Å². The van der Waals surface area contributed by atoms with Crippen molar-refractivity contribution < 1.29 is 9.30 Å². The van der Waals surface area contributed by atoms with Crippen molar-refractivity contribution in [2.24, 2.45) is 7.05 Å². The van der Waals surface area contributed by atoms with Crippen LogP contribution in [0, 0.1) is 0 Å². The molecule has 0 saturated heterocycles. The van der Waals surface area contributed by atoms with E-state index in [4.69, 9.17) is 4.74 Å². The summed E-state index contributed by atoms with van der Waals surface area (Å²) in [6, 6.07) is 8.30. The monoisotopic (exact) mass is 231 g/mol. The lowest BCUT2D eigenvalue weighted by Gasteiger charge is -2.02. The number of hydrogen-bond acceptors (Lipinski definition) is 1. The minimum atomic E-state index is 0.921. The standard InChI is InChI=1S/C14H18N2O/c1-16-11-10-15-14(16)5-3-4-12-6-8-13(17-2)9-7-12/h6-11H,3-5H2,1-2H3/p+1. The molecule has 0 spiro atoms. The lowest BCUT2D eigenvalue weighted by atomic mass is 10.1. The Balaban J connectivity index is 1.83. The van der Waals surface area contributed by atoms with Crippen LogP contribution in [0.3, 0.4) is 0 Å². The molecule has 17 heavy (non-hydrogen) atoms. The molecule has 0 aliphatic heterocycles. The molecule has 0 amide bonds. The molecule has 0 saturated carbocycles. The summed E-state index contributed by atoms with van der Waals surface area (Å²) in [5, 5.41) is 0. The van der Waals surface area contributed by atoms with E-state index in [0.717, 1.165) is 25.0 Å². The molecule has 0 bridgehead atoms. The molecule has 0 radical (unpaired) electrons. The summed E-state index contributed by atoms with van der Waals surface area (Å²) in [6.07, 6.45) is 7.35. The molecule has 1 aromatic heterocycles. The zero-order chi connectivity index (χ0) is 12.1. The molecule has 1 heterocycles. The van der Waals surface area contributed by atoms with Gasteiger partial charge in [-0.1, -0.05) is 12.1 Å². The number of nitrogens with zero attached hydrogens (tertiary/aromatic N) is 1. The Morgan fingerprint density at radius 2 is 1.94 bits per heavy atom. The van der Waals surface area contributed by atoms with Gasteiger partial charge >= 0.3 is 0 Å². The molecule has 2 rings (SSSR count). The third-order valence-corrected chi connectivity index (χ3v) is 3.01. The second-order valence-corrected chi connectivity index (χ2v) is 4.22. The van der Waals surface area contributed by atoms with Crippen molar-refractivity contribution in [2.45, 2.75) is 19.3 Å². The van der Waals surface area contributed by atoms with Gasteiger partial charge in [0.05, 0.1) is 14.2 Å². The van der Waals surface area contributed by atoms with E-state index in [1.165, 1.54) is 11.4 Å². The van der Waals surface area contributed by atoms with Crippen LogP contribution in [-0.4, -0.2) is 12.1 Å². The van der Waals surface area contributed by atoms with Crippen molar-refractivity contribution in [1.29, 1.82) is 0 Å². The van der Waals surface area contributed by atoms with Crippen LogP contribution in [0.4, 0.5) is 0 Å². The van der Waals surface area contributed by atoms with E-state index >= 15 is 0 Å². The van der Waals surface area contributed by atoms with E-state index in [1.54, 1.807) is 7.11 Å². The summed E-state index contributed by atoms with van der Waals surface area (Å²) in [6.45, 7) is 0. The zero-order valence-electron chi connectivity index (χ0n) is 10.4. The largest absolute Gasteiger partial charge is 0.497 e. The van der Waals surface area contributed by atoms with E-state index in [0.29, 0.717) is 0 Å². The van der Waals surface area contributed by atoms with Crippen molar-refractivity contribution in [2.75, 3.05) is 7.11 Å². The van der Waals surface area contributed by atoms with Crippen molar-refractivity contribution in [3.8, 4) is 5.75 Å². The molecule has 90 valence electrons. The summed E-state index contributed by atoms with van der Waals surface area (Å²) < 4.78 is 7.27. The first-order chi connectivity index (χ1) is 8.29. The van der Waals surface area contributed by atoms with Crippen molar-refractivity contribution >= 4 is 0 Å². The highest BCUT2D eigenvalue weighted by molar-refractivity contribution is 5.27. The molecular weight excluding hydrogens is 212 g/mol. The van der Waals surface area contributed by atoms with E-state index in [1.807, 2.05) is 24.5 Å². The third kappa shape index (κ3) is 3.09. The van der Waals surface area contributed by atoms with Gasteiger partial charge < -0.3 is 4.74 Å². The Kier molecular flexibility index (Phi) is 3.81. The highest BCUT2D eigenvalue weighted by Gasteiger charge is 2.05. The van der Waals surface area contributed by atoms with Crippen LogP contribution >= 0.6 is 0 Å². The maximum absolute atomic E-state index is 5.14. The second kappa shape index (κ2) is 5.53. The second-order valence-electron chi connectivity index (χ2n) is 4.22. The number of hydrogen-bond donors (Lipinski definition) is 1. The summed E-state index contributed by atoms with van der Waals surface area (Å²) in [5.41, 5.74) is 1.36. The zero-order valence-corrected chi connectivity index (χ0v) is 10.4. The van der Waals surface area contributed by atoms with E-state index in [-0.39, 0.29) is 0 Å². The van der Waals surface area contributed by atoms with Crippen LogP contribution in [0.25, 0.3) is 0 Å². The van der Waals surface area contributed by atoms with Crippen molar-refractivity contribution in [3.05, 3.63) is 48.0 Å². The Hall–Kier alpha value is -1.77. The first-order valence-electron chi connectivity index (χ1n) is 5.94. The summed E-state index contributed by atoms with van der Waals surface area (Å²) >= 11 is 0. The van der Waals surface area contributed by atoms with Crippen LogP contribution in [0.1, 0.15) is 17.8 Å². The molecule has 1 N–H and O–H groups in total. The third-order valence-electron chi connectivity index (χ3n) is 3.01. The Labute approximate surface area is 102 Å². The topological polar surface area (TPSA) is 28.9 Å². The number of benzene rings is 1. The Bertz CT molecular complexity index is 459. The number of aryl methyl sites for hydroxylation is 3. The number of nitrogens with one attached hydrogen (secondary N) is 1. The van der Waals surface area contributed by atoms with Gasteiger partial charge in [-0.25, -0.2) is 9.55 Å². The molecule has 0 atom stereocenters. The SMILES string of the molecule is COc1ccc(CCCc2[nH]cc[n+]2C)cc1. The molecule has 1 aromatic carbocycles. The van der Waals surface area contributed by atoms with Gasteiger partial charge in [-0.2, -0.15) is 0 Å². The van der Waals surface area contributed by atoms with Gasteiger partial charge in [0.2, 0.25) is 0 Å². The van der Waals surface area contributed by atoms with Crippen molar-refractivity contribution in [3.63, 3.8) is 0 Å². The summed E-state index contributed by atoms with van der Waals surface area (Å²) in [4.78, 5) is 3.25. The molecule has 3 nitrogen and oxygen atoms in total. The lowest BCUT2D eigenvalue weighted by Crippen LogP contribution is -2.30. The molecule has 0 aliphatic rings. The highest BCUT2D eigenvalue weighted by Crippen LogP contribution is 2.13. The number of aromatic amines is 1. The predicted molar refractivity (Wildman–Crippen MR) is 67.0 cm³/mol. The van der Waals surface area contributed by atoms with E-state index < -0.39 is 0 Å². The quantitative estimate of drug-likeness (QED) is 0.784. The predicted octanol–water partition coefficient (Wildman–Crippen LogP) is 2.02. The van der Waals surface area contributed by atoms with Crippen LogP contribution in [0.15, 0.2) is 36.7 Å². The average molecular weight is 231 g/mol. The number of methoxy groups -OCH3 is 1. The fourth-order valence-corrected chi connectivity index (χ4v) is 1.94. The molecule has 2 aromatic rings. The van der Waals surface area contributed by atoms with Gasteiger partial charge in [0.1, 0.15) is 18.1 Å². The number of ether oxygens (including phenoxy) is 1. The molecule has 0 aliphatic carbocycles. The fourth-order valence-electron chi connectivity index (χ4n) is 1.94. The highest BCUT2D eigenvalue weighted by atomic mass is 16.5.